The third-order valence-electron chi connectivity index (χ3n) is 3.42. The number of ether oxygens (including phenoxy) is 1. The summed E-state index contributed by atoms with van der Waals surface area (Å²) in [5, 5.41) is 9.20. The first-order valence-corrected chi connectivity index (χ1v) is 8.98. The van der Waals surface area contributed by atoms with Gasteiger partial charge in [-0.1, -0.05) is 11.6 Å². The van der Waals surface area contributed by atoms with Crippen molar-refractivity contribution in [1.29, 1.82) is 5.26 Å². The minimum Gasteiger partial charge on any atom is -0.490 e. The monoisotopic (exact) mass is 328 g/mol. The standard InChI is InChI=1S/C14H17ClN2O3S/c1-21(18,19)17-11-3-6-12(7-4-11)20-13-5-2-10(9-16)14(15)8-13/h2,5,8,11-12,17H,3-4,6-7H2,1H3. The van der Waals surface area contributed by atoms with Crippen molar-refractivity contribution >= 4 is 21.6 Å². The molecule has 1 aromatic rings. The molecule has 0 bridgehead atoms. The number of benzene rings is 1. The van der Waals surface area contributed by atoms with Gasteiger partial charge in [-0.2, -0.15) is 5.26 Å². The van der Waals surface area contributed by atoms with E-state index >= 15 is 0 Å². The van der Waals surface area contributed by atoms with Crippen LogP contribution in [0.15, 0.2) is 18.2 Å². The Morgan fingerprint density at radius 3 is 2.52 bits per heavy atom. The number of rotatable bonds is 4. The maximum absolute atomic E-state index is 11.2. The van der Waals surface area contributed by atoms with Gasteiger partial charge in [0.1, 0.15) is 11.8 Å². The van der Waals surface area contributed by atoms with Crippen molar-refractivity contribution in [3.05, 3.63) is 28.8 Å². The molecule has 0 amide bonds. The third-order valence-corrected chi connectivity index (χ3v) is 4.49. The highest BCUT2D eigenvalue weighted by Gasteiger charge is 2.24. The summed E-state index contributed by atoms with van der Waals surface area (Å²) in [6.07, 6.45) is 4.29. The van der Waals surface area contributed by atoms with Crippen molar-refractivity contribution in [2.24, 2.45) is 0 Å². The normalized spacial score (nSPS) is 22.5. The first-order valence-electron chi connectivity index (χ1n) is 6.71. The molecule has 1 aliphatic carbocycles. The van der Waals surface area contributed by atoms with E-state index in [1.807, 2.05) is 6.07 Å². The van der Waals surface area contributed by atoms with E-state index in [2.05, 4.69) is 4.72 Å². The minimum absolute atomic E-state index is 0.00981. The Bertz CT molecular complexity index is 647. The molecule has 2 rings (SSSR count). The van der Waals surface area contributed by atoms with E-state index < -0.39 is 10.0 Å². The molecule has 5 nitrogen and oxygen atoms in total. The molecular formula is C14H17ClN2O3S. The number of sulfonamides is 1. The molecule has 7 heteroatoms. The molecule has 0 atom stereocenters. The molecule has 1 fully saturated rings. The molecule has 0 radical (unpaired) electrons. The molecule has 0 saturated heterocycles. The van der Waals surface area contributed by atoms with E-state index in [0.717, 1.165) is 25.7 Å². The summed E-state index contributed by atoms with van der Waals surface area (Å²) >= 11 is 5.96. The van der Waals surface area contributed by atoms with Gasteiger partial charge in [-0.05, 0) is 37.8 Å². The van der Waals surface area contributed by atoms with Crippen LogP contribution in [-0.4, -0.2) is 26.8 Å². The molecule has 114 valence electrons. The van der Waals surface area contributed by atoms with Crippen LogP contribution in [0.25, 0.3) is 0 Å². The molecule has 1 aromatic carbocycles. The summed E-state index contributed by atoms with van der Waals surface area (Å²) in [6, 6.07) is 6.99. The van der Waals surface area contributed by atoms with Crippen LogP contribution in [0.2, 0.25) is 5.02 Å². The van der Waals surface area contributed by atoms with Crippen LogP contribution >= 0.6 is 11.6 Å². The lowest BCUT2D eigenvalue weighted by molar-refractivity contribution is 0.144. The van der Waals surface area contributed by atoms with Crippen LogP contribution in [0.3, 0.4) is 0 Å². The lowest BCUT2D eigenvalue weighted by atomic mass is 9.93. The van der Waals surface area contributed by atoms with Crippen molar-refractivity contribution in [2.75, 3.05) is 6.26 Å². The highest BCUT2D eigenvalue weighted by molar-refractivity contribution is 7.88. The van der Waals surface area contributed by atoms with Crippen LogP contribution in [0, 0.1) is 11.3 Å². The van der Waals surface area contributed by atoms with Gasteiger partial charge in [0.05, 0.1) is 22.9 Å². The maximum Gasteiger partial charge on any atom is 0.208 e. The number of nitriles is 1. The average Bonchev–Trinajstić information content (AvgIpc) is 2.40. The Balaban J connectivity index is 1.89. The fourth-order valence-electron chi connectivity index (χ4n) is 2.45. The number of halogens is 1. The highest BCUT2D eigenvalue weighted by Crippen LogP contribution is 2.27. The van der Waals surface area contributed by atoms with Gasteiger partial charge in [-0.25, -0.2) is 13.1 Å². The maximum atomic E-state index is 11.2. The lowest BCUT2D eigenvalue weighted by Gasteiger charge is -2.29. The molecule has 1 saturated carbocycles. The topological polar surface area (TPSA) is 79.2 Å². The van der Waals surface area contributed by atoms with Crippen LogP contribution in [-0.2, 0) is 10.0 Å². The third kappa shape index (κ3) is 4.88. The highest BCUT2D eigenvalue weighted by atomic mass is 35.5. The Kier molecular flexibility index (Phi) is 5.09. The van der Waals surface area contributed by atoms with Crippen LogP contribution in [0.5, 0.6) is 5.75 Å². The molecule has 0 spiro atoms. The smallest absolute Gasteiger partial charge is 0.208 e. The predicted octanol–water partition coefficient (Wildman–Crippen LogP) is 2.45. The van der Waals surface area contributed by atoms with Gasteiger partial charge in [0.2, 0.25) is 10.0 Å². The summed E-state index contributed by atoms with van der Waals surface area (Å²) in [5.41, 5.74) is 0.421. The Morgan fingerprint density at radius 1 is 1.33 bits per heavy atom. The molecular weight excluding hydrogens is 312 g/mol. The van der Waals surface area contributed by atoms with Gasteiger partial charge in [0, 0.05) is 12.1 Å². The first-order chi connectivity index (χ1) is 9.87. The summed E-state index contributed by atoms with van der Waals surface area (Å²) in [5.74, 6) is 0.638. The van der Waals surface area contributed by atoms with Gasteiger partial charge in [0.25, 0.3) is 0 Å². The van der Waals surface area contributed by atoms with Crippen molar-refractivity contribution in [1.82, 2.24) is 4.72 Å². The van der Waals surface area contributed by atoms with E-state index in [1.54, 1.807) is 18.2 Å². The van der Waals surface area contributed by atoms with Gasteiger partial charge >= 0.3 is 0 Å². The van der Waals surface area contributed by atoms with Crippen molar-refractivity contribution in [2.45, 2.75) is 37.8 Å². The predicted molar refractivity (Wildman–Crippen MR) is 80.8 cm³/mol. The molecule has 0 aliphatic heterocycles. The molecule has 0 aromatic heterocycles. The molecule has 1 N–H and O–H groups in total. The second kappa shape index (κ2) is 6.65. The summed E-state index contributed by atoms with van der Waals surface area (Å²) in [6.45, 7) is 0. The fourth-order valence-corrected chi connectivity index (χ4v) is 3.51. The first kappa shape index (κ1) is 16.1. The molecule has 0 unspecified atom stereocenters. The summed E-state index contributed by atoms with van der Waals surface area (Å²) in [7, 11) is -3.15. The quantitative estimate of drug-likeness (QED) is 0.920. The number of nitrogens with zero attached hydrogens (tertiary/aromatic N) is 1. The summed E-state index contributed by atoms with van der Waals surface area (Å²) in [4.78, 5) is 0. The van der Waals surface area contributed by atoms with E-state index in [1.165, 1.54) is 6.26 Å². The van der Waals surface area contributed by atoms with Crippen molar-refractivity contribution < 1.29 is 13.2 Å². The zero-order chi connectivity index (χ0) is 15.5. The molecule has 0 heterocycles. The van der Waals surface area contributed by atoms with E-state index in [-0.39, 0.29) is 12.1 Å². The Hall–Kier alpha value is -1.29. The van der Waals surface area contributed by atoms with E-state index in [4.69, 9.17) is 21.6 Å². The second-order valence-corrected chi connectivity index (χ2v) is 7.42. The molecule has 1 aliphatic rings. The van der Waals surface area contributed by atoms with Crippen LogP contribution in [0.4, 0.5) is 0 Å². The van der Waals surface area contributed by atoms with Gasteiger partial charge in [0.15, 0.2) is 0 Å². The second-order valence-electron chi connectivity index (χ2n) is 5.23. The van der Waals surface area contributed by atoms with E-state index in [0.29, 0.717) is 16.3 Å². The molecule has 21 heavy (non-hydrogen) atoms. The number of hydrogen-bond donors (Lipinski definition) is 1. The van der Waals surface area contributed by atoms with Gasteiger partial charge < -0.3 is 4.74 Å². The number of hydrogen-bond acceptors (Lipinski definition) is 4. The van der Waals surface area contributed by atoms with Crippen molar-refractivity contribution in [3.8, 4) is 11.8 Å². The zero-order valence-electron chi connectivity index (χ0n) is 11.7. The minimum atomic E-state index is -3.15. The lowest BCUT2D eigenvalue weighted by Crippen LogP contribution is -2.39. The van der Waals surface area contributed by atoms with E-state index in [9.17, 15) is 8.42 Å². The number of nitrogens with one attached hydrogen (secondary N) is 1. The van der Waals surface area contributed by atoms with Gasteiger partial charge in [-0.3, -0.25) is 0 Å². The average molecular weight is 329 g/mol. The fraction of sp³-hybridized carbons (Fsp3) is 0.500. The Morgan fingerprint density at radius 2 is 2.00 bits per heavy atom. The van der Waals surface area contributed by atoms with Crippen LogP contribution < -0.4 is 9.46 Å². The van der Waals surface area contributed by atoms with Crippen LogP contribution in [0.1, 0.15) is 31.2 Å². The van der Waals surface area contributed by atoms with Gasteiger partial charge in [-0.15, -0.1) is 0 Å². The Labute approximate surface area is 129 Å². The SMILES string of the molecule is CS(=O)(=O)NC1CCC(Oc2ccc(C#N)c(Cl)c2)CC1. The summed E-state index contributed by atoms with van der Waals surface area (Å²) < 4.78 is 30.8. The zero-order valence-corrected chi connectivity index (χ0v) is 13.2. The largest absolute Gasteiger partial charge is 0.490 e. The van der Waals surface area contributed by atoms with Crippen molar-refractivity contribution in [3.63, 3.8) is 0 Å².